The summed E-state index contributed by atoms with van der Waals surface area (Å²) in [6.07, 6.45) is 3.73. The van der Waals surface area contributed by atoms with Crippen LogP contribution in [-0.2, 0) is 14.9 Å². The number of esters is 1. The van der Waals surface area contributed by atoms with Crippen molar-refractivity contribution in [3.05, 3.63) is 35.4 Å². The molecule has 106 valence electrons. The molecule has 1 aromatic rings. The Morgan fingerprint density at radius 2 is 2.21 bits per heavy atom. The average Bonchev–Trinajstić information content (AvgIpc) is 2.43. The summed E-state index contributed by atoms with van der Waals surface area (Å²) >= 11 is 1.78. The molecule has 1 rings (SSSR count). The number of benzene rings is 1. The monoisotopic (exact) mass is 281 g/mol. The lowest BCUT2D eigenvalue weighted by atomic mass is 9.76. The summed E-state index contributed by atoms with van der Waals surface area (Å²) in [5, 5.41) is 0. The molecule has 0 spiro atoms. The normalized spacial score (nSPS) is 13.9. The molecule has 1 atom stereocenters. The maximum atomic E-state index is 12.3. The van der Waals surface area contributed by atoms with Crippen LogP contribution < -0.4 is 5.73 Å². The van der Waals surface area contributed by atoms with Crippen molar-refractivity contribution >= 4 is 17.7 Å². The minimum atomic E-state index is -0.712. The van der Waals surface area contributed by atoms with Crippen molar-refractivity contribution < 1.29 is 9.53 Å². The van der Waals surface area contributed by atoms with Gasteiger partial charge in [0.25, 0.3) is 0 Å². The molecule has 0 saturated heterocycles. The number of carbonyl (C=O) groups is 1. The minimum absolute atomic E-state index is 0.235. The van der Waals surface area contributed by atoms with E-state index in [9.17, 15) is 4.79 Å². The van der Waals surface area contributed by atoms with Crippen LogP contribution in [0.5, 0.6) is 0 Å². The van der Waals surface area contributed by atoms with Crippen molar-refractivity contribution in [1.29, 1.82) is 0 Å². The molecule has 0 aliphatic rings. The highest BCUT2D eigenvalue weighted by molar-refractivity contribution is 7.98. The van der Waals surface area contributed by atoms with E-state index in [1.807, 2.05) is 31.2 Å². The SMILES string of the molecule is COC(=O)C(CN)(CCCSC)c1cccc(C)c1. The standard InChI is InChI=1S/C15H23NO2S/c1-12-6-4-7-13(10-12)15(11-16,14(17)18-2)8-5-9-19-3/h4,6-7,10H,5,8-9,11,16H2,1-3H3. The van der Waals surface area contributed by atoms with Gasteiger partial charge in [0, 0.05) is 6.54 Å². The lowest BCUT2D eigenvalue weighted by Crippen LogP contribution is -2.44. The van der Waals surface area contributed by atoms with Crippen LogP contribution in [0, 0.1) is 6.92 Å². The molecule has 0 heterocycles. The molecule has 0 aromatic heterocycles. The summed E-state index contributed by atoms with van der Waals surface area (Å²) in [6, 6.07) is 7.98. The van der Waals surface area contributed by atoms with Gasteiger partial charge in [0.15, 0.2) is 0 Å². The van der Waals surface area contributed by atoms with Crippen molar-refractivity contribution in [3.8, 4) is 0 Å². The second-order valence-electron chi connectivity index (χ2n) is 4.74. The van der Waals surface area contributed by atoms with Crippen LogP contribution in [0.25, 0.3) is 0 Å². The molecule has 0 saturated carbocycles. The fourth-order valence-corrected chi connectivity index (χ4v) is 2.76. The molecule has 0 fully saturated rings. The van der Waals surface area contributed by atoms with Gasteiger partial charge in [0.2, 0.25) is 0 Å². The first-order valence-electron chi connectivity index (χ1n) is 6.45. The number of hydrogen-bond donors (Lipinski definition) is 1. The van der Waals surface area contributed by atoms with Crippen molar-refractivity contribution in [3.63, 3.8) is 0 Å². The summed E-state index contributed by atoms with van der Waals surface area (Å²) in [6.45, 7) is 2.29. The zero-order chi connectivity index (χ0) is 14.3. The number of nitrogens with two attached hydrogens (primary N) is 1. The van der Waals surface area contributed by atoms with Gasteiger partial charge in [-0.15, -0.1) is 0 Å². The van der Waals surface area contributed by atoms with Gasteiger partial charge in [0.05, 0.1) is 7.11 Å². The Labute approximate surface area is 119 Å². The molecule has 0 radical (unpaired) electrons. The van der Waals surface area contributed by atoms with Crippen LogP contribution in [0.4, 0.5) is 0 Å². The maximum Gasteiger partial charge on any atom is 0.317 e. The first-order chi connectivity index (χ1) is 9.10. The van der Waals surface area contributed by atoms with E-state index >= 15 is 0 Å². The van der Waals surface area contributed by atoms with Crippen LogP contribution in [0.2, 0.25) is 0 Å². The van der Waals surface area contributed by atoms with Crippen molar-refractivity contribution in [2.24, 2.45) is 5.73 Å². The quantitative estimate of drug-likeness (QED) is 0.616. The second kappa shape index (κ2) is 7.56. The maximum absolute atomic E-state index is 12.3. The summed E-state index contributed by atoms with van der Waals surface area (Å²) in [5.74, 6) is 0.784. The van der Waals surface area contributed by atoms with Crippen molar-refractivity contribution in [2.75, 3.05) is 25.7 Å². The van der Waals surface area contributed by atoms with Gasteiger partial charge >= 0.3 is 5.97 Å². The summed E-state index contributed by atoms with van der Waals surface area (Å²) in [4.78, 5) is 12.3. The van der Waals surface area contributed by atoms with E-state index in [2.05, 4.69) is 6.26 Å². The highest BCUT2D eigenvalue weighted by Gasteiger charge is 2.39. The molecule has 3 nitrogen and oxygen atoms in total. The molecule has 19 heavy (non-hydrogen) atoms. The minimum Gasteiger partial charge on any atom is -0.468 e. The smallest absolute Gasteiger partial charge is 0.317 e. The zero-order valence-electron chi connectivity index (χ0n) is 11.9. The number of hydrogen-bond acceptors (Lipinski definition) is 4. The van der Waals surface area contributed by atoms with E-state index in [4.69, 9.17) is 10.5 Å². The zero-order valence-corrected chi connectivity index (χ0v) is 12.8. The second-order valence-corrected chi connectivity index (χ2v) is 5.73. The Hall–Kier alpha value is -1.00. The van der Waals surface area contributed by atoms with Crippen LogP contribution in [0.3, 0.4) is 0 Å². The summed E-state index contributed by atoms with van der Waals surface area (Å²) < 4.78 is 5.01. The van der Waals surface area contributed by atoms with Crippen LogP contribution in [-0.4, -0.2) is 31.6 Å². The lowest BCUT2D eigenvalue weighted by Gasteiger charge is -2.30. The number of ether oxygens (including phenoxy) is 1. The lowest BCUT2D eigenvalue weighted by molar-refractivity contribution is -0.147. The highest BCUT2D eigenvalue weighted by atomic mass is 32.2. The fraction of sp³-hybridized carbons (Fsp3) is 0.533. The molecular formula is C15H23NO2S. The molecule has 0 aliphatic heterocycles. The first kappa shape index (κ1) is 16.1. The van der Waals surface area contributed by atoms with Gasteiger partial charge < -0.3 is 10.5 Å². The van der Waals surface area contributed by atoms with Crippen molar-refractivity contribution in [2.45, 2.75) is 25.2 Å². The molecule has 0 amide bonds. The van der Waals surface area contributed by atoms with E-state index in [-0.39, 0.29) is 12.5 Å². The number of rotatable bonds is 7. The third-order valence-corrected chi connectivity index (χ3v) is 4.14. The predicted molar refractivity (Wildman–Crippen MR) is 81.5 cm³/mol. The first-order valence-corrected chi connectivity index (χ1v) is 7.84. The fourth-order valence-electron chi connectivity index (χ4n) is 2.32. The molecule has 0 bridgehead atoms. The Bertz CT molecular complexity index is 422. The molecule has 1 aromatic carbocycles. The van der Waals surface area contributed by atoms with E-state index < -0.39 is 5.41 Å². The van der Waals surface area contributed by atoms with E-state index in [0.717, 1.165) is 29.7 Å². The Morgan fingerprint density at radius 1 is 1.47 bits per heavy atom. The molecule has 4 heteroatoms. The van der Waals surface area contributed by atoms with Gasteiger partial charge in [-0.2, -0.15) is 11.8 Å². The van der Waals surface area contributed by atoms with Crippen LogP contribution in [0.15, 0.2) is 24.3 Å². The highest BCUT2D eigenvalue weighted by Crippen LogP contribution is 2.31. The topological polar surface area (TPSA) is 52.3 Å². The van der Waals surface area contributed by atoms with Gasteiger partial charge in [0.1, 0.15) is 5.41 Å². The third kappa shape index (κ3) is 3.74. The Kier molecular flexibility index (Phi) is 6.38. The number of aryl methyl sites for hydroxylation is 1. The number of thioether (sulfide) groups is 1. The third-order valence-electron chi connectivity index (χ3n) is 3.45. The van der Waals surface area contributed by atoms with Gasteiger partial charge in [-0.05, 0) is 37.3 Å². The molecule has 2 N–H and O–H groups in total. The van der Waals surface area contributed by atoms with E-state index in [1.54, 1.807) is 11.8 Å². The number of carbonyl (C=O) groups excluding carboxylic acids is 1. The van der Waals surface area contributed by atoms with Crippen molar-refractivity contribution in [1.82, 2.24) is 0 Å². The molecule has 1 unspecified atom stereocenters. The van der Waals surface area contributed by atoms with E-state index in [0.29, 0.717) is 0 Å². The predicted octanol–water partition coefficient (Wildman–Crippen LogP) is 2.51. The van der Waals surface area contributed by atoms with Crippen LogP contribution in [0.1, 0.15) is 24.0 Å². The average molecular weight is 281 g/mol. The van der Waals surface area contributed by atoms with Gasteiger partial charge in [-0.25, -0.2) is 0 Å². The Morgan fingerprint density at radius 3 is 2.74 bits per heavy atom. The van der Waals surface area contributed by atoms with Crippen LogP contribution >= 0.6 is 11.8 Å². The van der Waals surface area contributed by atoms with E-state index in [1.165, 1.54) is 7.11 Å². The van der Waals surface area contributed by atoms with Gasteiger partial charge in [-0.1, -0.05) is 29.8 Å². The summed E-state index contributed by atoms with van der Waals surface area (Å²) in [5.41, 5.74) is 7.32. The summed E-state index contributed by atoms with van der Waals surface area (Å²) in [7, 11) is 1.43. The molecular weight excluding hydrogens is 258 g/mol. The Balaban J connectivity index is 3.12. The van der Waals surface area contributed by atoms with Gasteiger partial charge in [-0.3, -0.25) is 4.79 Å². The number of methoxy groups -OCH3 is 1. The largest absolute Gasteiger partial charge is 0.468 e. The molecule has 0 aliphatic carbocycles.